The van der Waals surface area contributed by atoms with Gasteiger partial charge in [0.1, 0.15) is 0 Å². The molecule has 2 saturated heterocycles. The van der Waals surface area contributed by atoms with Crippen molar-refractivity contribution in [2.24, 2.45) is 5.41 Å². The van der Waals surface area contributed by atoms with Crippen LogP contribution in [0.25, 0.3) is 0 Å². The third kappa shape index (κ3) is 2.17. The number of hydrogen-bond donors (Lipinski definition) is 2. The van der Waals surface area contributed by atoms with Crippen molar-refractivity contribution in [1.82, 2.24) is 15.5 Å². The predicted molar refractivity (Wildman–Crippen MR) is 64.4 cm³/mol. The first-order valence-corrected chi connectivity index (χ1v) is 6.24. The third-order valence-corrected chi connectivity index (χ3v) is 4.00. The molecule has 0 saturated carbocycles. The van der Waals surface area contributed by atoms with Crippen LogP contribution in [0, 0.1) is 5.41 Å². The standard InChI is InChI=1S/C12H23N3O/c1-4-11(2,3)14-10(16)15-8-12(9-15)5-6-13-7-12/h13H,4-9H2,1-3H3,(H,14,16). The van der Waals surface area contributed by atoms with E-state index in [1.807, 2.05) is 4.90 Å². The SMILES string of the molecule is CCC(C)(C)NC(=O)N1CC2(CCNC2)C1. The summed E-state index contributed by atoms with van der Waals surface area (Å²) in [6.07, 6.45) is 2.17. The van der Waals surface area contributed by atoms with Gasteiger partial charge in [0, 0.05) is 30.6 Å². The Morgan fingerprint density at radius 3 is 2.69 bits per heavy atom. The van der Waals surface area contributed by atoms with Crippen molar-refractivity contribution in [2.45, 2.75) is 39.2 Å². The molecule has 0 aliphatic carbocycles. The number of likely N-dealkylation sites (tertiary alicyclic amines) is 1. The van der Waals surface area contributed by atoms with Gasteiger partial charge in [-0.3, -0.25) is 0 Å². The monoisotopic (exact) mass is 225 g/mol. The quantitative estimate of drug-likeness (QED) is 0.741. The minimum absolute atomic E-state index is 0.0895. The zero-order valence-corrected chi connectivity index (χ0v) is 10.6. The molecule has 92 valence electrons. The largest absolute Gasteiger partial charge is 0.333 e. The smallest absolute Gasteiger partial charge is 0.317 e. The molecule has 0 aromatic carbocycles. The van der Waals surface area contributed by atoms with Crippen molar-refractivity contribution in [1.29, 1.82) is 0 Å². The van der Waals surface area contributed by atoms with Crippen LogP contribution < -0.4 is 10.6 Å². The molecule has 2 rings (SSSR count). The van der Waals surface area contributed by atoms with Gasteiger partial charge in [-0.05, 0) is 33.2 Å². The predicted octanol–water partition coefficient (Wildman–Crippen LogP) is 1.18. The number of rotatable bonds is 2. The zero-order chi connectivity index (χ0) is 11.8. The van der Waals surface area contributed by atoms with Gasteiger partial charge in [0.05, 0.1) is 0 Å². The van der Waals surface area contributed by atoms with Crippen LogP contribution in [0.5, 0.6) is 0 Å². The van der Waals surface area contributed by atoms with Crippen LogP contribution in [0.1, 0.15) is 33.6 Å². The summed E-state index contributed by atoms with van der Waals surface area (Å²) in [7, 11) is 0. The third-order valence-electron chi connectivity index (χ3n) is 4.00. The molecule has 0 atom stereocenters. The van der Waals surface area contributed by atoms with E-state index in [2.05, 4.69) is 31.4 Å². The van der Waals surface area contributed by atoms with Gasteiger partial charge in [-0.15, -0.1) is 0 Å². The van der Waals surface area contributed by atoms with Gasteiger partial charge in [-0.25, -0.2) is 4.79 Å². The molecule has 1 spiro atoms. The Balaban J connectivity index is 1.81. The second-order valence-corrected chi connectivity index (χ2v) is 5.95. The van der Waals surface area contributed by atoms with Gasteiger partial charge >= 0.3 is 6.03 Å². The Kier molecular flexibility index (Phi) is 2.86. The number of urea groups is 1. The van der Waals surface area contributed by atoms with Crippen LogP contribution in [0.4, 0.5) is 4.79 Å². The summed E-state index contributed by atoms with van der Waals surface area (Å²) in [6.45, 7) is 10.3. The molecule has 0 radical (unpaired) electrons. The summed E-state index contributed by atoms with van der Waals surface area (Å²) in [6, 6.07) is 0.101. The number of nitrogens with zero attached hydrogens (tertiary/aromatic N) is 1. The van der Waals surface area contributed by atoms with Crippen LogP contribution in [0.3, 0.4) is 0 Å². The van der Waals surface area contributed by atoms with Crippen LogP contribution in [-0.4, -0.2) is 42.6 Å². The lowest BCUT2D eigenvalue weighted by molar-refractivity contribution is 0.0445. The van der Waals surface area contributed by atoms with Gasteiger partial charge in [0.25, 0.3) is 0 Å². The summed E-state index contributed by atoms with van der Waals surface area (Å²) in [4.78, 5) is 13.9. The maximum atomic E-state index is 11.9. The fourth-order valence-electron chi connectivity index (χ4n) is 2.43. The highest BCUT2D eigenvalue weighted by Crippen LogP contribution is 2.36. The van der Waals surface area contributed by atoms with Gasteiger partial charge in [0.15, 0.2) is 0 Å². The van der Waals surface area contributed by atoms with E-state index in [4.69, 9.17) is 0 Å². The molecule has 4 heteroatoms. The van der Waals surface area contributed by atoms with Crippen molar-refractivity contribution >= 4 is 6.03 Å². The fourth-order valence-corrected chi connectivity index (χ4v) is 2.43. The normalized spacial score (nSPS) is 23.3. The first-order valence-electron chi connectivity index (χ1n) is 6.24. The second-order valence-electron chi connectivity index (χ2n) is 5.95. The average molecular weight is 225 g/mol. The number of hydrogen-bond acceptors (Lipinski definition) is 2. The molecule has 2 heterocycles. The molecule has 2 aliphatic rings. The van der Waals surface area contributed by atoms with Crippen LogP contribution in [-0.2, 0) is 0 Å². The Labute approximate surface area is 97.8 Å². The number of carbonyl (C=O) groups excluding carboxylic acids is 1. The summed E-state index contributed by atoms with van der Waals surface area (Å²) in [5.41, 5.74) is 0.307. The Morgan fingerprint density at radius 1 is 1.50 bits per heavy atom. The molecule has 16 heavy (non-hydrogen) atoms. The van der Waals surface area contributed by atoms with E-state index >= 15 is 0 Å². The van der Waals surface area contributed by atoms with E-state index in [0.29, 0.717) is 5.41 Å². The summed E-state index contributed by atoms with van der Waals surface area (Å²) in [5, 5.41) is 6.46. The molecule has 0 bridgehead atoms. The molecular weight excluding hydrogens is 202 g/mol. The van der Waals surface area contributed by atoms with Crippen molar-refractivity contribution in [3.8, 4) is 0 Å². The molecule has 2 fully saturated rings. The summed E-state index contributed by atoms with van der Waals surface area (Å²) in [5.74, 6) is 0. The van der Waals surface area contributed by atoms with E-state index in [-0.39, 0.29) is 11.6 Å². The minimum Gasteiger partial charge on any atom is -0.333 e. The van der Waals surface area contributed by atoms with E-state index in [9.17, 15) is 4.79 Å². The van der Waals surface area contributed by atoms with Gasteiger partial charge < -0.3 is 15.5 Å². The molecule has 4 nitrogen and oxygen atoms in total. The van der Waals surface area contributed by atoms with Gasteiger partial charge in [0.2, 0.25) is 0 Å². The van der Waals surface area contributed by atoms with Crippen LogP contribution in [0.15, 0.2) is 0 Å². The van der Waals surface area contributed by atoms with E-state index < -0.39 is 0 Å². The lowest BCUT2D eigenvalue weighted by Crippen LogP contribution is -2.63. The van der Waals surface area contributed by atoms with Gasteiger partial charge in [-0.2, -0.15) is 0 Å². The highest BCUT2D eigenvalue weighted by atomic mass is 16.2. The van der Waals surface area contributed by atoms with E-state index in [1.54, 1.807) is 0 Å². The van der Waals surface area contributed by atoms with Crippen molar-refractivity contribution in [2.75, 3.05) is 26.2 Å². The second kappa shape index (κ2) is 3.91. The fraction of sp³-hybridized carbons (Fsp3) is 0.917. The van der Waals surface area contributed by atoms with Crippen molar-refractivity contribution in [3.05, 3.63) is 0 Å². The highest BCUT2D eigenvalue weighted by Gasteiger charge is 2.47. The summed E-state index contributed by atoms with van der Waals surface area (Å²) < 4.78 is 0. The van der Waals surface area contributed by atoms with Crippen molar-refractivity contribution in [3.63, 3.8) is 0 Å². The Morgan fingerprint density at radius 2 is 2.19 bits per heavy atom. The maximum absolute atomic E-state index is 11.9. The molecule has 2 amide bonds. The maximum Gasteiger partial charge on any atom is 0.317 e. The molecule has 2 N–H and O–H groups in total. The molecule has 0 aromatic heterocycles. The van der Waals surface area contributed by atoms with Gasteiger partial charge in [-0.1, -0.05) is 6.92 Å². The molecule has 0 unspecified atom stereocenters. The molecule has 2 aliphatic heterocycles. The topological polar surface area (TPSA) is 44.4 Å². The van der Waals surface area contributed by atoms with Crippen LogP contribution >= 0.6 is 0 Å². The number of nitrogens with one attached hydrogen (secondary N) is 2. The summed E-state index contributed by atoms with van der Waals surface area (Å²) >= 11 is 0. The van der Waals surface area contributed by atoms with E-state index in [1.165, 1.54) is 6.42 Å². The highest BCUT2D eigenvalue weighted by molar-refractivity contribution is 5.76. The minimum atomic E-state index is -0.0895. The van der Waals surface area contributed by atoms with Crippen LogP contribution in [0.2, 0.25) is 0 Å². The number of carbonyl (C=O) groups is 1. The number of amides is 2. The molecular formula is C12H23N3O. The zero-order valence-electron chi connectivity index (χ0n) is 10.6. The average Bonchev–Trinajstić information content (AvgIpc) is 2.63. The lowest BCUT2D eigenvalue weighted by Gasteiger charge is -2.48. The molecule has 0 aromatic rings. The Hall–Kier alpha value is -0.770. The first-order chi connectivity index (χ1) is 7.46. The lowest BCUT2D eigenvalue weighted by atomic mass is 9.79. The van der Waals surface area contributed by atoms with Crippen molar-refractivity contribution < 1.29 is 4.79 Å². The van der Waals surface area contributed by atoms with E-state index in [0.717, 1.165) is 32.6 Å². The Bertz CT molecular complexity index is 274. The first kappa shape index (κ1) is 11.7.